The Bertz CT molecular complexity index is 522. The summed E-state index contributed by atoms with van der Waals surface area (Å²) in [5, 5.41) is 6.98. The minimum absolute atomic E-state index is 0.235. The third-order valence-corrected chi connectivity index (χ3v) is 2.58. The van der Waals surface area contributed by atoms with Gasteiger partial charge in [0, 0.05) is 4.47 Å². The summed E-state index contributed by atoms with van der Waals surface area (Å²) < 4.78 is 6.04. The van der Waals surface area contributed by atoms with E-state index in [1.807, 2.05) is 6.07 Å². The van der Waals surface area contributed by atoms with Crippen LogP contribution in [-0.2, 0) is 0 Å². The van der Waals surface area contributed by atoms with E-state index in [1.165, 1.54) is 0 Å². The molecule has 0 spiro atoms. The molecule has 0 saturated carbocycles. The molecule has 3 nitrogen and oxygen atoms in total. The maximum Gasteiger partial charge on any atom is 0.284 e. The molecule has 0 aliphatic heterocycles. The maximum absolute atomic E-state index is 6.00. The van der Waals surface area contributed by atoms with E-state index in [0.717, 1.165) is 4.47 Å². The van der Waals surface area contributed by atoms with Gasteiger partial charge in [-0.05, 0) is 30.4 Å². The highest BCUT2D eigenvalue weighted by atomic mass is 79.9. The quantitative estimate of drug-likeness (QED) is 0.812. The molecule has 0 unspecified atom stereocenters. The Balaban J connectivity index is 2.57. The minimum atomic E-state index is 0.235. The number of hydrogen-bond donors (Lipinski definition) is 1. The second kappa shape index (κ2) is 3.84. The van der Waals surface area contributed by atoms with Crippen LogP contribution in [0.4, 0.5) is 0 Å². The van der Waals surface area contributed by atoms with E-state index in [4.69, 9.17) is 28.2 Å². The lowest BCUT2D eigenvalue weighted by Crippen LogP contribution is -1.79. The van der Waals surface area contributed by atoms with Gasteiger partial charge in [-0.3, -0.25) is 0 Å². The lowest BCUT2D eigenvalue weighted by Gasteiger charge is -1.98. The Morgan fingerprint density at radius 2 is 2.29 bits per heavy atom. The molecule has 2 aromatic rings. The van der Waals surface area contributed by atoms with Crippen molar-refractivity contribution < 1.29 is 4.42 Å². The van der Waals surface area contributed by atoms with Crippen molar-refractivity contribution in [2.75, 3.05) is 0 Å². The number of H-pyrrole nitrogens is 1. The molecule has 14 heavy (non-hydrogen) atoms. The van der Waals surface area contributed by atoms with Gasteiger partial charge in [-0.1, -0.05) is 27.5 Å². The van der Waals surface area contributed by atoms with Crippen molar-refractivity contribution in [2.24, 2.45) is 0 Å². The smallest absolute Gasteiger partial charge is 0.284 e. The Morgan fingerprint density at radius 3 is 2.86 bits per heavy atom. The van der Waals surface area contributed by atoms with Crippen molar-refractivity contribution >= 4 is 39.7 Å². The van der Waals surface area contributed by atoms with Crippen LogP contribution < -0.4 is 0 Å². The zero-order valence-corrected chi connectivity index (χ0v) is 9.91. The van der Waals surface area contributed by atoms with Crippen molar-refractivity contribution in [3.63, 3.8) is 0 Å². The Labute approximate surface area is 98.2 Å². The summed E-state index contributed by atoms with van der Waals surface area (Å²) in [7, 11) is 0. The first-order valence-electron chi connectivity index (χ1n) is 3.68. The molecule has 0 aliphatic rings. The molecule has 0 bridgehead atoms. The van der Waals surface area contributed by atoms with Gasteiger partial charge in [0.15, 0.2) is 0 Å². The molecule has 0 fully saturated rings. The first kappa shape index (κ1) is 9.89. The predicted molar refractivity (Wildman–Crippen MR) is 59.8 cm³/mol. The summed E-state index contributed by atoms with van der Waals surface area (Å²) in [5.74, 6) is 0.396. The zero-order valence-electron chi connectivity index (χ0n) is 6.75. The SMILES string of the molecule is S=c1[nH]nc(-c2ccc(Br)cc2Cl)o1. The highest BCUT2D eigenvalue weighted by Crippen LogP contribution is 2.28. The van der Waals surface area contributed by atoms with E-state index in [1.54, 1.807) is 12.1 Å². The van der Waals surface area contributed by atoms with Crippen LogP contribution in [0.2, 0.25) is 5.02 Å². The number of hydrogen-bond acceptors (Lipinski definition) is 3. The molecule has 2 rings (SSSR count). The molecule has 1 N–H and O–H groups in total. The number of benzene rings is 1. The van der Waals surface area contributed by atoms with Gasteiger partial charge in [0.05, 0.1) is 10.6 Å². The van der Waals surface area contributed by atoms with Crippen LogP contribution in [0.5, 0.6) is 0 Å². The van der Waals surface area contributed by atoms with E-state index in [9.17, 15) is 0 Å². The highest BCUT2D eigenvalue weighted by molar-refractivity contribution is 9.10. The fourth-order valence-electron chi connectivity index (χ4n) is 1.01. The molecule has 0 saturated heterocycles. The van der Waals surface area contributed by atoms with Crippen LogP contribution in [0.25, 0.3) is 11.5 Å². The second-order valence-corrected chi connectivity index (χ2v) is 4.24. The minimum Gasteiger partial charge on any atom is -0.409 e. The zero-order chi connectivity index (χ0) is 10.1. The summed E-state index contributed by atoms with van der Waals surface area (Å²) in [5.41, 5.74) is 0.710. The van der Waals surface area contributed by atoms with Gasteiger partial charge >= 0.3 is 0 Å². The second-order valence-electron chi connectivity index (χ2n) is 2.54. The van der Waals surface area contributed by atoms with Gasteiger partial charge in [-0.2, -0.15) is 0 Å². The van der Waals surface area contributed by atoms with Crippen LogP contribution in [0.3, 0.4) is 0 Å². The number of aromatic amines is 1. The summed E-state index contributed by atoms with van der Waals surface area (Å²) in [6.45, 7) is 0. The van der Waals surface area contributed by atoms with Gasteiger partial charge in [0.1, 0.15) is 0 Å². The fourth-order valence-corrected chi connectivity index (χ4v) is 1.89. The summed E-state index contributed by atoms with van der Waals surface area (Å²) >= 11 is 14.1. The van der Waals surface area contributed by atoms with Gasteiger partial charge in [0.2, 0.25) is 5.89 Å². The summed E-state index contributed by atoms with van der Waals surface area (Å²) in [6.07, 6.45) is 0. The molecular formula is C8H4BrClN2OS. The van der Waals surface area contributed by atoms with Crippen LogP contribution in [0.1, 0.15) is 0 Å². The van der Waals surface area contributed by atoms with Crippen LogP contribution >= 0.6 is 39.7 Å². The van der Waals surface area contributed by atoms with Crippen LogP contribution in [0.15, 0.2) is 27.1 Å². The number of halogens is 2. The summed E-state index contributed by atoms with van der Waals surface area (Å²) in [4.78, 5) is 0.235. The lowest BCUT2D eigenvalue weighted by molar-refractivity contribution is 0.552. The Morgan fingerprint density at radius 1 is 1.50 bits per heavy atom. The molecule has 0 amide bonds. The molecule has 0 atom stereocenters. The van der Waals surface area contributed by atoms with Gasteiger partial charge in [0.25, 0.3) is 4.84 Å². The molecule has 1 aromatic carbocycles. The highest BCUT2D eigenvalue weighted by Gasteiger charge is 2.08. The van der Waals surface area contributed by atoms with Crippen LogP contribution in [0, 0.1) is 4.84 Å². The standard InChI is InChI=1S/C8H4BrClN2OS/c9-4-1-2-5(6(10)3-4)7-11-12-8(14)13-7/h1-3H,(H,12,14). The van der Waals surface area contributed by atoms with Crippen molar-refractivity contribution in [2.45, 2.75) is 0 Å². The molecule has 0 aliphatic carbocycles. The van der Waals surface area contributed by atoms with E-state index in [0.29, 0.717) is 16.5 Å². The number of rotatable bonds is 1. The van der Waals surface area contributed by atoms with E-state index in [-0.39, 0.29) is 4.84 Å². The predicted octanol–water partition coefficient (Wildman–Crippen LogP) is 3.82. The van der Waals surface area contributed by atoms with Crippen molar-refractivity contribution in [1.29, 1.82) is 0 Å². The molecule has 1 aromatic heterocycles. The van der Waals surface area contributed by atoms with E-state index in [2.05, 4.69) is 26.1 Å². The van der Waals surface area contributed by atoms with Gasteiger partial charge in [-0.25, -0.2) is 5.10 Å². The molecule has 0 radical (unpaired) electrons. The van der Waals surface area contributed by atoms with Gasteiger partial charge in [-0.15, -0.1) is 5.10 Å². The van der Waals surface area contributed by atoms with Crippen molar-refractivity contribution in [3.8, 4) is 11.5 Å². The number of nitrogens with zero attached hydrogens (tertiary/aromatic N) is 1. The average Bonchev–Trinajstić information content (AvgIpc) is 2.51. The molecule has 72 valence electrons. The summed E-state index contributed by atoms with van der Waals surface area (Å²) in [6, 6.07) is 5.43. The van der Waals surface area contributed by atoms with Crippen LogP contribution in [-0.4, -0.2) is 10.2 Å². The lowest BCUT2D eigenvalue weighted by atomic mass is 10.2. The number of aromatic nitrogens is 2. The fraction of sp³-hybridized carbons (Fsp3) is 0. The maximum atomic E-state index is 6.00. The topological polar surface area (TPSA) is 41.8 Å². The first-order valence-corrected chi connectivity index (χ1v) is 5.25. The van der Waals surface area contributed by atoms with E-state index < -0.39 is 0 Å². The Kier molecular flexibility index (Phi) is 2.71. The average molecular weight is 292 g/mol. The Hall–Kier alpha value is -0.650. The molecule has 6 heteroatoms. The van der Waals surface area contributed by atoms with Crippen molar-refractivity contribution in [3.05, 3.63) is 32.5 Å². The number of nitrogens with one attached hydrogen (secondary N) is 1. The van der Waals surface area contributed by atoms with Crippen molar-refractivity contribution in [1.82, 2.24) is 10.2 Å². The monoisotopic (exact) mass is 290 g/mol. The van der Waals surface area contributed by atoms with Gasteiger partial charge < -0.3 is 4.42 Å². The van der Waals surface area contributed by atoms with E-state index >= 15 is 0 Å². The third kappa shape index (κ3) is 1.89. The third-order valence-electron chi connectivity index (χ3n) is 1.60. The first-order chi connectivity index (χ1) is 6.66. The normalized spacial score (nSPS) is 10.4. The molecule has 1 heterocycles. The largest absolute Gasteiger partial charge is 0.409 e. The molecular weight excluding hydrogens is 288 g/mol.